The van der Waals surface area contributed by atoms with Crippen LogP contribution in [0.2, 0.25) is 0 Å². The summed E-state index contributed by atoms with van der Waals surface area (Å²) in [6.45, 7) is 0. The minimum atomic E-state index is -0.204. The van der Waals surface area contributed by atoms with Crippen molar-refractivity contribution in [1.82, 2.24) is 0 Å². The maximum Gasteiger partial charge on any atom is 0.255 e. The summed E-state index contributed by atoms with van der Waals surface area (Å²) in [7, 11) is 0. The van der Waals surface area contributed by atoms with Crippen LogP contribution in [0.15, 0.2) is 53.4 Å². The minimum Gasteiger partial charge on any atom is -0.321 e. The minimum absolute atomic E-state index is 0.194. The molecule has 4 rings (SSSR count). The van der Waals surface area contributed by atoms with Gasteiger partial charge in [-0.25, -0.2) is 0 Å². The number of thioether (sulfide) groups is 1. The molecule has 1 aliphatic heterocycles. The van der Waals surface area contributed by atoms with E-state index in [9.17, 15) is 14.4 Å². The van der Waals surface area contributed by atoms with Gasteiger partial charge in [0, 0.05) is 28.6 Å². The van der Waals surface area contributed by atoms with Gasteiger partial charge in [-0.15, -0.1) is 11.8 Å². The van der Waals surface area contributed by atoms with E-state index in [0.717, 1.165) is 10.6 Å². The zero-order valence-corrected chi connectivity index (χ0v) is 16.3. The zero-order chi connectivity index (χ0) is 19.5. The maximum absolute atomic E-state index is 12.7. The average Bonchev–Trinajstić information content (AvgIpc) is 3.33. The summed E-state index contributed by atoms with van der Waals surface area (Å²) in [5, 5.41) is 3.62. The van der Waals surface area contributed by atoms with E-state index in [-0.39, 0.29) is 30.6 Å². The summed E-state index contributed by atoms with van der Waals surface area (Å²) in [6, 6.07) is 14.5. The van der Waals surface area contributed by atoms with Crippen molar-refractivity contribution in [3.63, 3.8) is 0 Å². The molecule has 1 saturated heterocycles. The fourth-order valence-electron chi connectivity index (χ4n) is 3.68. The predicted molar refractivity (Wildman–Crippen MR) is 111 cm³/mol. The number of carbonyl (C=O) groups is 3. The Balaban J connectivity index is 1.47. The molecule has 0 atom stereocenters. The van der Waals surface area contributed by atoms with E-state index in [2.05, 4.69) is 5.32 Å². The molecule has 3 amide bonds. The van der Waals surface area contributed by atoms with Crippen LogP contribution in [0.1, 0.15) is 48.9 Å². The van der Waals surface area contributed by atoms with E-state index in [4.69, 9.17) is 0 Å². The third kappa shape index (κ3) is 3.97. The third-order valence-electron chi connectivity index (χ3n) is 5.17. The summed E-state index contributed by atoms with van der Waals surface area (Å²) in [4.78, 5) is 38.7. The largest absolute Gasteiger partial charge is 0.321 e. The molecular weight excluding hydrogens is 372 g/mol. The van der Waals surface area contributed by atoms with Gasteiger partial charge < -0.3 is 5.32 Å². The number of hydrogen-bond donors (Lipinski definition) is 1. The second-order valence-electron chi connectivity index (χ2n) is 7.14. The summed E-state index contributed by atoms with van der Waals surface area (Å²) in [6.07, 6.45) is 5.50. The lowest BCUT2D eigenvalue weighted by Gasteiger charge is -2.15. The molecule has 1 N–H and O–H groups in total. The van der Waals surface area contributed by atoms with Crippen LogP contribution in [0.3, 0.4) is 0 Å². The van der Waals surface area contributed by atoms with Crippen molar-refractivity contribution in [3.8, 4) is 0 Å². The third-order valence-corrected chi connectivity index (χ3v) is 6.58. The van der Waals surface area contributed by atoms with Crippen LogP contribution in [0.5, 0.6) is 0 Å². The van der Waals surface area contributed by atoms with Gasteiger partial charge in [-0.1, -0.05) is 25.0 Å². The lowest BCUT2D eigenvalue weighted by molar-refractivity contribution is -0.121. The first kappa shape index (κ1) is 18.7. The number of anilines is 2. The molecule has 0 unspecified atom stereocenters. The van der Waals surface area contributed by atoms with Crippen LogP contribution in [-0.4, -0.2) is 23.0 Å². The van der Waals surface area contributed by atoms with E-state index in [1.807, 2.05) is 36.0 Å². The van der Waals surface area contributed by atoms with Gasteiger partial charge in [-0.05, 0) is 49.2 Å². The summed E-state index contributed by atoms with van der Waals surface area (Å²) >= 11 is 1.84. The van der Waals surface area contributed by atoms with Gasteiger partial charge >= 0.3 is 0 Å². The first-order valence-electron chi connectivity index (χ1n) is 9.65. The number of nitrogens with zero attached hydrogens (tertiary/aromatic N) is 1. The molecule has 5 nitrogen and oxygen atoms in total. The lowest BCUT2D eigenvalue weighted by Crippen LogP contribution is -2.28. The van der Waals surface area contributed by atoms with Crippen molar-refractivity contribution in [2.45, 2.75) is 48.7 Å². The topological polar surface area (TPSA) is 66.5 Å². The van der Waals surface area contributed by atoms with Crippen LogP contribution in [-0.2, 0) is 9.59 Å². The molecule has 0 radical (unpaired) electrons. The lowest BCUT2D eigenvalue weighted by atomic mass is 10.1. The van der Waals surface area contributed by atoms with Gasteiger partial charge in [0.05, 0.1) is 11.4 Å². The first-order chi connectivity index (χ1) is 13.6. The molecule has 0 bridgehead atoms. The highest BCUT2D eigenvalue weighted by atomic mass is 32.2. The second-order valence-corrected chi connectivity index (χ2v) is 8.49. The number of hydrogen-bond acceptors (Lipinski definition) is 4. The van der Waals surface area contributed by atoms with E-state index in [1.165, 1.54) is 30.6 Å². The van der Waals surface area contributed by atoms with Crippen molar-refractivity contribution < 1.29 is 14.4 Å². The number of para-hydroxylation sites is 1. The highest BCUT2D eigenvalue weighted by Crippen LogP contribution is 2.38. The Morgan fingerprint density at radius 3 is 2.25 bits per heavy atom. The van der Waals surface area contributed by atoms with Crippen molar-refractivity contribution >= 4 is 40.9 Å². The zero-order valence-electron chi connectivity index (χ0n) is 15.5. The van der Waals surface area contributed by atoms with Crippen LogP contribution >= 0.6 is 11.8 Å². The van der Waals surface area contributed by atoms with Crippen molar-refractivity contribution in [1.29, 1.82) is 0 Å². The molecule has 1 aliphatic carbocycles. The van der Waals surface area contributed by atoms with Crippen LogP contribution in [0.25, 0.3) is 0 Å². The molecule has 2 aliphatic rings. The highest BCUT2D eigenvalue weighted by molar-refractivity contribution is 8.00. The molecule has 2 aromatic carbocycles. The number of nitrogens with one attached hydrogen (secondary N) is 1. The molecule has 28 heavy (non-hydrogen) atoms. The normalized spacial score (nSPS) is 17.4. The fourth-order valence-corrected chi connectivity index (χ4v) is 5.01. The number of rotatable bonds is 5. The van der Waals surface area contributed by atoms with Crippen molar-refractivity contribution in [2.75, 3.05) is 10.2 Å². The number of amides is 3. The summed E-state index contributed by atoms with van der Waals surface area (Å²) < 4.78 is 0. The Hall–Kier alpha value is -2.60. The first-order valence-corrected chi connectivity index (χ1v) is 10.5. The smallest absolute Gasteiger partial charge is 0.255 e. The Morgan fingerprint density at radius 2 is 1.57 bits per heavy atom. The van der Waals surface area contributed by atoms with Gasteiger partial charge in [0.15, 0.2) is 0 Å². The molecule has 0 spiro atoms. The van der Waals surface area contributed by atoms with E-state index < -0.39 is 0 Å². The second kappa shape index (κ2) is 8.19. The fraction of sp³-hybridized carbons (Fsp3) is 0.318. The van der Waals surface area contributed by atoms with Gasteiger partial charge in [0.2, 0.25) is 11.8 Å². The molecule has 6 heteroatoms. The highest BCUT2D eigenvalue weighted by Gasteiger charge is 2.30. The summed E-state index contributed by atoms with van der Waals surface area (Å²) in [5.41, 5.74) is 1.82. The molecular formula is C22H22N2O3S. The van der Waals surface area contributed by atoms with Gasteiger partial charge in [-0.3, -0.25) is 19.3 Å². The summed E-state index contributed by atoms with van der Waals surface area (Å²) in [5.74, 6) is -0.592. The van der Waals surface area contributed by atoms with E-state index >= 15 is 0 Å². The average molecular weight is 394 g/mol. The van der Waals surface area contributed by atoms with Crippen molar-refractivity contribution in [2.24, 2.45) is 0 Å². The molecule has 1 saturated carbocycles. The quantitative estimate of drug-likeness (QED) is 0.751. The maximum atomic E-state index is 12.7. The molecule has 144 valence electrons. The standard InChI is InChI=1S/C22H22N2O3S/c25-20-13-14-21(26)24(20)16-11-9-15(10-12-16)22(27)23-18-7-3-4-8-19(18)28-17-5-1-2-6-17/h3-4,7-12,17H,1-2,5-6,13-14H2,(H,23,27). The monoisotopic (exact) mass is 394 g/mol. The molecule has 0 aromatic heterocycles. The van der Waals surface area contributed by atoms with E-state index in [0.29, 0.717) is 16.5 Å². The SMILES string of the molecule is O=C(Nc1ccccc1SC1CCCC1)c1ccc(N2C(=O)CCC2=O)cc1. The number of carbonyl (C=O) groups excluding carboxylic acids is 3. The molecule has 2 fully saturated rings. The Morgan fingerprint density at radius 1 is 0.929 bits per heavy atom. The number of imide groups is 1. The molecule has 1 heterocycles. The van der Waals surface area contributed by atoms with Gasteiger partial charge in [0.25, 0.3) is 5.91 Å². The van der Waals surface area contributed by atoms with Gasteiger partial charge in [0.1, 0.15) is 0 Å². The van der Waals surface area contributed by atoms with Crippen LogP contribution < -0.4 is 10.2 Å². The predicted octanol–water partition coefficient (Wildman–Crippen LogP) is 4.63. The van der Waals surface area contributed by atoms with E-state index in [1.54, 1.807) is 24.3 Å². The van der Waals surface area contributed by atoms with Crippen LogP contribution in [0.4, 0.5) is 11.4 Å². The Bertz CT molecular complexity index is 888. The van der Waals surface area contributed by atoms with Crippen molar-refractivity contribution in [3.05, 3.63) is 54.1 Å². The Kier molecular flexibility index (Phi) is 5.48. The molecule has 2 aromatic rings. The van der Waals surface area contributed by atoms with Crippen LogP contribution in [0, 0.1) is 0 Å². The number of benzene rings is 2. The van der Waals surface area contributed by atoms with Gasteiger partial charge in [-0.2, -0.15) is 0 Å². The Labute approximate surface area is 168 Å².